The summed E-state index contributed by atoms with van der Waals surface area (Å²) in [5, 5.41) is 4.35. The lowest BCUT2D eigenvalue weighted by Gasteiger charge is -2.05. The SMILES string of the molecule is CC(=O)c1sc(N/N=C\c2ccc(C(F)(F)F)cc2)nc1C. The van der Waals surface area contributed by atoms with Crippen LogP contribution in [0.3, 0.4) is 0 Å². The number of hydrazone groups is 1. The van der Waals surface area contributed by atoms with Crippen molar-refractivity contribution in [3.8, 4) is 0 Å². The van der Waals surface area contributed by atoms with Crippen LogP contribution >= 0.6 is 11.3 Å². The summed E-state index contributed by atoms with van der Waals surface area (Å²) in [5.41, 5.74) is 3.08. The minimum Gasteiger partial charge on any atom is -0.294 e. The number of thiazole rings is 1. The molecule has 0 radical (unpaired) electrons. The van der Waals surface area contributed by atoms with Crippen molar-refractivity contribution in [2.75, 3.05) is 5.43 Å². The van der Waals surface area contributed by atoms with Crippen LogP contribution in [0.15, 0.2) is 29.4 Å². The molecule has 8 heteroatoms. The molecule has 1 heterocycles. The van der Waals surface area contributed by atoms with Gasteiger partial charge in [-0.1, -0.05) is 23.5 Å². The predicted octanol–water partition coefficient (Wildman–Crippen LogP) is 4.12. The Kier molecular flexibility index (Phi) is 4.60. The molecule has 0 saturated carbocycles. The summed E-state index contributed by atoms with van der Waals surface area (Å²) < 4.78 is 37.3. The molecule has 1 N–H and O–H groups in total. The van der Waals surface area contributed by atoms with Gasteiger partial charge >= 0.3 is 6.18 Å². The van der Waals surface area contributed by atoms with Crippen LogP contribution in [0.2, 0.25) is 0 Å². The molecule has 2 aromatic rings. The van der Waals surface area contributed by atoms with E-state index in [4.69, 9.17) is 0 Å². The molecule has 22 heavy (non-hydrogen) atoms. The van der Waals surface area contributed by atoms with Gasteiger partial charge in [0.1, 0.15) is 0 Å². The molecule has 116 valence electrons. The molecule has 0 saturated heterocycles. The number of halogens is 3. The number of carbonyl (C=O) groups is 1. The summed E-state index contributed by atoms with van der Waals surface area (Å²) in [7, 11) is 0. The average molecular weight is 327 g/mol. The van der Waals surface area contributed by atoms with Crippen molar-refractivity contribution in [1.29, 1.82) is 0 Å². The van der Waals surface area contributed by atoms with Crippen molar-refractivity contribution < 1.29 is 18.0 Å². The second-order valence-electron chi connectivity index (χ2n) is 4.48. The number of Topliss-reactive ketones (excluding diaryl/α,β-unsaturated/α-hetero) is 1. The number of nitrogens with zero attached hydrogens (tertiary/aromatic N) is 2. The summed E-state index contributed by atoms with van der Waals surface area (Å²) in [5.74, 6) is -0.0743. The first-order valence-electron chi connectivity index (χ1n) is 6.22. The molecule has 0 spiro atoms. The molecule has 0 unspecified atom stereocenters. The highest BCUT2D eigenvalue weighted by molar-refractivity contribution is 7.17. The first kappa shape index (κ1) is 16.2. The Bertz CT molecular complexity index is 705. The van der Waals surface area contributed by atoms with Gasteiger partial charge in [-0.25, -0.2) is 4.98 Å². The fourth-order valence-corrected chi connectivity index (χ4v) is 2.50. The number of benzene rings is 1. The van der Waals surface area contributed by atoms with Crippen LogP contribution in [0.4, 0.5) is 18.3 Å². The molecule has 4 nitrogen and oxygen atoms in total. The third-order valence-corrected chi connectivity index (χ3v) is 3.89. The van der Waals surface area contributed by atoms with E-state index in [1.54, 1.807) is 6.92 Å². The topological polar surface area (TPSA) is 54.4 Å². The Morgan fingerprint density at radius 3 is 2.45 bits per heavy atom. The zero-order valence-electron chi connectivity index (χ0n) is 11.7. The second kappa shape index (κ2) is 6.27. The van der Waals surface area contributed by atoms with Gasteiger partial charge in [0.05, 0.1) is 22.3 Å². The van der Waals surface area contributed by atoms with Gasteiger partial charge in [0.15, 0.2) is 5.78 Å². The highest BCUT2D eigenvalue weighted by Crippen LogP contribution is 2.29. The van der Waals surface area contributed by atoms with Gasteiger partial charge in [-0.05, 0) is 24.6 Å². The van der Waals surface area contributed by atoms with Crippen LogP contribution in [-0.2, 0) is 6.18 Å². The molecule has 0 aliphatic carbocycles. The van der Waals surface area contributed by atoms with Crippen LogP contribution in [0.25, 0.3) is 0 Å². The van der Waals surface area contributed by atoms with Crippen molar-refractivity contribution in [2.24, 2.45) is 5.10 Å². The van der Waals surface area contributed by atoms with Crippen LogP contribution in [0, 0.1) is 6.92 Å². The van der Waals surface area contributed by atoms with E-state index in [2.05, 4.69) is 15.5 Å². The zero-order chi connectivity index (χ0) is 16.3. The number of hydrogen-bond donors (Lipinski definition) is 1. The summed E-state index contributed by atoms with van der Waals surface area (Å²) in [6.07, 6.45) is -2.97. The van der Waals surface area contributed by atoms with Crippen molar-refractivity contribution >= 4 is 28.5 Å². The van der Waals surface area contributed by atoms with Gasteiger partial charge < -0.3 is 0 Å². The number of aryl methyl sites for hydroxylation is 1. The van der Waals surface area contributed by atoms with Crippen LogP contribution in [0.1, 0.15) is 33.4 Å². The maximum Gasteiger partial charge on any atom is 0.416 e. The monoisotopic (exact) mass is 327 g/mol. The average Bonchev–Trinajstić information content (AvgIpc) is 2.80. The lowest BCUT2D eigenvalue weighted by molar-refractivity contribution is -0.137. The summed E-state index contributed by atoms with van der Waals surface area (Å²) in [4.78, 5) is 16.0. The van der Waals surface area contributed by atoms with Crippen molar-refractivity contribution in [1.82, 2.24) is 4.98 Å². The van der Waals surface area contributed by atoms with E-state index in [0.717, 1.165) is 12.1 Å². The molecule has 0 atom stereocenters. The molecular formula is C14H12F3N3OS. The number of nitrogens with one attached hydrogen (secondary N) is 1. The Labute approximate surface area is 128 Å². The van der Waals surface area contributed by atoms with Gasteiger partial charge in [-0.15, -0.1) is 0 Å². The first-order chi connectivity index (χ1) is 10.3. The van der Waals surface area contributed by atoms with Crippen LogP contribution in [-0.4, -0.2) is 17.0 Å². The number of carbonyl (C=O) groups excluding carboxylic acids is 1. The molecule has 0 aliphatic rings. The standard InChI is InChI=1S/C14H12F3N3OS/c1-8-12(9(2)21)22-13(19-8)20-18-7-10-3-5-11(6-4-10)14(15,16)17/h3-7H,1-2H3,(H,19,20)/b18-7-. The smallest absolute Gasteiger partial charge is 0.294 e. The normalized spacial score (nSPS) is 11.9. The summed E-state index contributed by atoms with van der Waals surface area (Å²) in [6, 6.07) is 4.62. The summed E-state index contributed by atoms with van der Waals surface area (Å²) >= 11 is 1.17. The fraction of sp³-hybridized carbons (Fsp3) is 0.214. The lowest BCUT2D eigenvalue weighted by Crippen LogP contribution is -2.04. The van der Waals surface area contributed by atoms with Crippen molar-refractivity contribution in [3.63, 3.8) is 0 Å². The number of anilines is 1. The largest absolute Gasteiger partial charge is 0.416 e. The van der Waals surface area contributed by atoms with Crippen molar-refractivity contribution in [3.05, 3.63) is 46.0 Å². The van der Waals surface area contributed by atoms with E-state index in [1.165, 1.54) is 36.6 Å². The molecule has 0 aliphatic heterocycles. The maximum absolute atomic E-state index is 12.4. The second-order valence-corrected chi connectivity index (χ2v) is 5.48. The van der Waals surface area contributed by atoms with Gasteiger partial charge in [0.2, 0.25) is 5.13 Å². The Morgan fingerprint density at radius 2 is 1.95 bits per heavy atom. The molecule has 0 bridgehead atoms. The van der Waals surface area contributed by atoms with Crippen LogP contribution in [0.5, 0.6) is 0 Å². The predicted molar refractivity (Wildman–Crippen MR) is 79.5 cm³/mol. The van der Waals surface area contributed by atoms with E-state index in [1.807, 2.05) is 0 Å². The molecule has 0 amide bonds. The lowest BCUT2D eigenvalue weighted by atomic mass is 10.1. The molecule has 1 aromatic heterocycles. The molecule has 2 rings (SSSR count). The zero-order valence-corrected chi connectivity index (χ0v) is 12.5. The number of ketones is 1. The number of alkyl halides is 3. The molecule has 0 fully saturated rings. The third-order valence-electron chi connectivity index (χ3n) is 2.73. The Morgan fingerprint density at radius 1 is 1.32 bits per heavy atom. The fourth-order valence-electron chi connectivity index (χ4n) is 1.69. The van der Waals surface area contributed by atoms with Gasteiger partial charge in [-0.3, -0.25) is 10.2 Å². The van der Waals surface area contributed by atoms with Crippen molar-refractivity contribution in [2.45, 2.75) is 20.0 Å². The minimum atomic E-state index is -4.35. The van der Waals surface area contributed by atoms with E-state index in [0.29, 0.717) is 21.3 Å². The Hall–Kier alpha value is -2.22. The first-order valence-corrected chi connectivity index (χ1v) is 7.03. The molecular weight excluding hydrogens is 315 g/mol. The van der Waals surface area contributed by atoms with Crippen LogP contribution < -0.4 is 5.43 Å². The van der Waals surface area contributed by atoms with Gasteiger partial charge in [0, 0.05) is 6.92 Å². The third kappa shape index (κ3) is 3.91. The highest BCUT2D eigenvalue weighted by atomic mass is 32.1. The number of aromatic nitrogens is 1. The summed E-state index contributed by atoms with van der Waals surface area (Å²) in [6.45, 7) is 3.17. The number of hydrogen-bond acceptors (Lipinski definition) is 5. The van der Waals surface area contributed by atoms with Gasteiger partial charge in [0.25, 0.3) is 0 Å². The Balaban J connectivity index is 2.04. The van der Waals surface area contributed by atoms with E-state index < -0.39 is 11.7 Å². The van der Waals surface area contributed by atoms with E-state index in [-0.39, 0.29) is 5.78 Å². The minimum absolute atomic E-state index is 0.0743. The quantitative estimate of drug-likeness (QED) is 0.522. The van der Waals surface area contributed by atoms with Gasteiger partial charge in [-0.2, -0.15) is 18.3 Å². The van der Waals surface area contributed by atoms with E-state index in [9.17, 15) is 18.0 Å². The highest BCUT2D eigenvalue weighted by Gasteiger charge is 2.29. The number of rotatable bonds is 4. The maximum atomic E-state index is 12.4. The van der Waals surface area contributed by atoms with E-state index >= 15 is 0 Å². The molecule has 1 aromatic carbocycles.